The quantitative estimate of drug-likeness (QED) is 0.803. The van der Waals surface area contributed by atoms with Gasteiger partial charge in [0.2, 0.25) is 0 Å². The van der Waals surface area contributed by atoms with Crippen molar-refractivity contribution in [3.8, 4) is 0 Å². The third-order valence-electron chi connectivity index (χ3n) is 3.53. The fraction of sp³-hybridized carbons (Fsp3) is 0.500. The number of benzene rings is 1. The molecule has 1 aliphatic heterocycles. The van der Waals surface area contributed by atoms with Crippen LogP contribution in [0.25, 0.3) is 0 Å². The Bertz CT molecular complexity index is 530. The summed E-state index contributed by atoms with van der Waals surface area (Å²) in [6.45, 7) is 0.675. The number of hydrogen-bond acceptors (Lipinski definition) is 2. The summed E-state index contributed by atoms with van der Waals surface area (Å²) in [4.78, 5) is 13.7. The Balaban J connectivity index is 2.32. The van der Waals surface area contributed by atoms with E-state index in [-0.39, 0.29) is 12.6 Å². The van der Waals surface area contributed by atoms with Crippen LogP contribution < -0.4 is 0 Å². The van der Waals surface area contributed by atoms with E-state index in [1.807, 2.05) is 0 Å². The van der Waals surface area contributed by atoms with Crippen molar-refractivity contribution in [2.24, 2.45) is 0 Å². The number of likely N-dealkylation sites (tertiary alicyclic amines) is 1. The van der Waals surface area contributed by atoms with E-state index in [0.29, 0.717) is 19.0 Å². The summed E-state index contributed by atoms with van der Waals surface area (Å²) < 4.78 is 57.0. The van der Waals surface area contributed by atoms with Crippen LogP contribution in [0.4, 0.5) is 17.6 Å². The lowest BCUT2D eigenvalue weighted by atomic mass is 10.1. The summed E-state index contributed by atoms with van der Waals surface area (Å²) in [5.41, 5.74) is -1.97. The van der Waals surface area contributed by atoms with Gasteiger partial charge in [0, 0.05) is 13.7 Å². The van der Waals surface area contributed by atoms with E-state index in [1.54, 1.807) is 0 Å². The van der Waals surface area contributed by atoms with Crippen molar-refractivity contribution in [2.45, 2.75) is 25.1 Å². The lowest BCUT2D eigenvalue weighted by Gasteiger charge is -2.24. The number of nitrogens with zero attached hydrogens (tertiary/aromatic N) is 1. The SMILES string of the molecule is COCC1CCCN1C(=O)c1cccc(C(F)(F)F)c1F. The summed E-state index contributed by atoms with van der Waals surface area (Å²) in [5.74, 6) is -2.24. The van der Waals surface area contributed by atoms with Crippen LogP contribution in [0.15, 0.2) is 18.2 Å². The number of rotatable bonds is 3. The summed E-state index contributed by atoms with van der Waals surface area (Å²) in [6.07, 6.45) is -3.40. The Morgan fingerprint density at radius 2 is 2.14 bits per heavy atom. The fourth-order valence-electron chi connectivity index (χ4n) is 2.54. The molecule has 116 valence electrons. The number of carbonyl (C=O) groups excluding carboxylic acids is 1. The van der Waals surface area contributed by atoms with Crippen LogP contribution in [0.3, 0.4) is 0 Å². The summed E-state index contributed by atoms with van der Waals surface area (Å²) in [7, 11) is 1.48. The van der Waals surface area contributed by atoms with Gasteiger partial charge in [-0.2, -0.15) is 13.2 Å². The van der Waals surface area contributed by atoms with Crippen LogP contribution in [-0.2, 0) is 10.9 Å². The van der Waals surface area contributed by atoms with E-state index in [1.165, 1.54) is 12.0 Å². The monoisotopic (exact) mass is 305 g/mol. The number of carbonyl (C=O) groups is 1. The van der Waals surface area contributed by atoms with Crippen LogP contribution in [0.2, 0.25) is 0 Å². The predicted molar refractivity (Wildman–Crippen MR) is 67.3 cm³/mol. The molecule has 1 unspecified atom stereocenters. The number of amides is 1. The number of methoxy groups -OCH3 is 1. The number of hydrogen-bond donors (Lipinski definition) is 0. The molecular weight excluding hydrogens is 290 g/mol. The molecule has 7 heteroatoms. The molecule has 1 amide bonds. The van der Waals surface area contributed by atoms with Gasteiger partial charge in [0.1, 0.15) is 5.82 Å². The molecule has 1 aliphatic rings. The lowest BCUT2D eigenvalue weighted by molar-refractivity contribution is -0.140. The highest BCUT2D eigenvalue weighted by Gasteiger charge is 2.37. The molecular formula is C14H15F4NO2. The van der Waals surface area contributed by atoms with Crippen LogP contribution >= 0.6 is 0 Å². The highest BCUT2D eigenvalue weighted by atomic mass is 19.4. The van der Waals surface area contributed by atoms with Gasteiger partial charge in [0.05, 0.1) is 23.8 Å². The van der Waals surface area contributed by atoms with Crippen molar-refractivity contribution in [3.63, 3.8) is 0 Å². The molecule has 1 fully saturated rings. The van der Waals surface area contributed by atoms with Gasteiger partial charge in [-0.05, 0) is 25.0 Å². The molecule has 0 saturated carbocycles. The van der Waals surface area contributed by atoms with Gasteiger partial charge in [-0.3, -0.25) is 4.79 Å². The topological polar surface area (TPSA) is 29.5 Å². The van der Waals surface area contributed by atoms with Gasteiger partial charge >= 0.3 is 6.18 Å². The second kappa shape index (κ2) is 6.01. The molecule has 21 heavy (non-hydrogen) atoms. The van der Waals surface area contributed by atoms with Gasteiger partial charge < -0.3 is 9.64 Å². The minimum atomic E-state index is -4.82. The van der Waals surface area contributed by atoms with E-state index in [0.717, 1.165) is 18.6 Å². The Labute approximate surface area is 119 Å². The van der Waals surface area contributed by atoms with E-state index in [2.05, 4.69) is 0 Å². The maximum absolute atomic E-state index is 14.0. The summed E-state index contributed by atoms with van der Waals surface area (Å²) in [6, 6.07) is 2.52. The van der Waals surface area contributed by atoms with Gasteiger partial charge in [-0.15, -0.1) is 0 Å². The van der Waals surface area contributed by atoms with Gasteiger partial charge in [-0.1, -0.05) is 6.07 Å². The Morgan fingerprint density at radius 1 is 1.43 bits per heavy atom. The molecule has 0 aliphatic carbocycles. The number of halogens is 4. The summed E-state index contributed by atoms with van der Waals surface area (Å²) >= 11 is 0. The normalized spacial score (nSPS) is 19.1. The van der Waals surface area contributed by atoms with Crippen LogP contribution in [0.1, 0.15) is 28.8 Å². The second-order valence-corrected chi connectivity index (χ2v) is 4.91. The van der Waals surface area contributed by atoms with E-state index in [4.69, 9.17) is 4.74 Å². The van der Waals surface area contributed by atoms with Crippen molar-refractivity contribution in [1.29, 1.82) is 0 Å². The largest absolute Gasteiger partial charge is 0.419 e. The van der Waals surface area contributed by atoms with Crippen molar-refractivity contribution in [2.75, 3.05) is 20.3 Å². The van der Waals surface area contributed by atoms with Gasteiger partial charge in [-0.25, -0.2) is 4.39 Å². The fourth-order valence-corrected chi connectivity index (χ4v) is 2.54. The minimum absolute atomic E-state index is 0.226. The molecule has 0 spiro atoms. The van der Waals surface area contributed by atoms with Crippen molar-refractivity contribution in [1.82, 2.24) is 4.90 Å². The molecule has 2 rings (SSSR count). The molecule has 1 aromatic rings. The third-order valence-corrected chi connectivity index (χ3v) is 3.53. The molecule has 0 aromatic heterocycles. The van der Waals surface area contributed by atoms with E-state index >= 15 is 0 Å². The molecule has 3 nitrogen and oxygen atoms in total. The van der Waals surface area contributed by atoms with Crippen molar-refractivity contribution < 1.29 is 27.1 Å². The third kappa shape index (κ3) is 3.18. The first-order valence-corrected chi connectivity index (χ1v) is 6.52. The first-order chi connectivity index (χ1) is 9.86. The molecule has 0 bridgehead atoms. The predicted octanol–water partition coefficient (Wildman–Crippen LogP) is 3.10. The maximum atomic E-state index is 14.0. The number of ether oxygens (including phenoxy) is 1. The Morgan fingerprint density at radius 3 is 2.76 bits per heavy atom. The Hall–Kier alpha value is -1.63. The minimum Gasteiger partial charge on any atom is -0.383 e. The van der Waals surface area contributed by atoms with Crippen LogP contribution in [0, 0.1) is 5.82 Å². The molecule has 1 aromatic carbocycles. The molecule has 0 N–H and O–H groups in total. The second-order valence-electron chi connectivity index (χ2n) is 4.91. The zero-order chi connectivity index (χ0) is 15.6. The molecule has 1 heterocycles. The average molecular weight is 305 g/mol. The maximum Gasteiger partial charge on any atom is 0.419 e. The van der Waals surface area contributed by atoms with Crippen LogP contribution in [0.5, 0.6) is 0 Å². The lowest BCUT2D eigenvalue weighted by Crippen LogP contribution is -2.38. The van der Waals surface area contributed by atoms with E-state index in [9.17, 15) is 22.4 Å². The zero-order valence-electron chi connectivity index (χ0n) is 11.4. The number of alkyl halides is 3. The standard InChI is InChI=1S/C14H15F4NO2/c1-21-8-9-4-3-7-19(9)13(20)10-5-2-6-11(12(10)15)14(16,17)18/h2,5-6,9H,3-4,7-8H2,1H3. The molecule has 0 radical (unpaired) electrons. The van der Waals surface area contributed by atoms with Crippen LogP contribution in [-0.4, -0.2) is 37.1 Å². The summed E-state index contributed by atoms with van der Waals surface area (Å²) in [5, 5.41) is 0. The first kappa shape index (κ1) is 15.8. The molecule has 1 atom stereocenters. The molecule has 1 saturated heterocycles. The Kier molecular flexibility index (Phi) is 4.51. The smallest absolute Gasteiger partial charge is 0.383 e. The zero-order valence-corrected chi connectivity index (χ0v) is 11.4. The highest BCUT2D eigenvalue weighted by molar-refractivity contribution is 5.95. The first-order valence-electron chi connectivity index (χ1n) is 6.52. The van der Waals surface area contributed by atoms with Crippen molar-refractivity contribution in [3.05, 3.63) is 35.1 Å². The van der Waals surface area contributed by atoms with Gasteiger partial charge in [0.25, 0.3) is 5.91 Å². The van der Waals surface area contributed by atoms with Crippen molar-refractivity contribution >= 4 is 5.91 Å². The highest BCUT2D eigenvalue weighted by Crippen LogP contribution is 2.33. The van der Waals surface area contributed by atoms with E-state index < -0.39 is 29.0 Å². The average Bonchev–Trinajstić information content (AvgIpc) is 2.85. The van der Waals surface area contributed by atoms with Gasteiger partial charge in [0.15, 0.2) is 0 Å².